The van der Waals surface area contributed by atoms with E-state index in [9.17, 15) is 9.59 Å². The van der Waals surface area contributed by atoms with Crippen molar-refractivity contribution >= 4 is 28.4 Å². The molecule has 176 valence electrons. The number of benzene rings is 1. The molecule has 0 unspecified atom stereocenters. The van der Waals surface area contributed by atoms with Gasteiger partial charge in [-0.1, -0.05) is 17.7 Å². The molecule has 0 aliphatic carbocycles. The minimum Gasteiger partial charge on any atom is -0.380 e. The van der Waals surface area contributed by atoms with Gasteiger partial charge in [-0.05, 0) is 56.2 Å². The number of rotatable bonds is 7. The fraction of sp³-hybridized carbons (Fsp3) is 0.269. The fourth-order valence-electron chi connectivity index (χ4n) is 4.17. The minimum absolute atomic E-state index is 0.0638. The summed E-state index contributed by atoms with van der Waals surface area (Å²) in [6.07, 6.45) is 5.32. The minimum atomic E-state index is -0.317. The van der Waals surface area contributed by atoms with Gasteiger partial charge in [0.25, 0.3) is 11.5 Å². The quantitative estimate of drug-likeness (QED) is 0.390. The number of halogens is 1. The molecule has 4 aromatic rings. The van der Waals surface area contributed by atoms with Crippen LogP contribution in [0.4, 0.5) is 0 Å². The van der Waals surface area contributed by atoms with E-state index in [2.05, 4.69) is 33.7 Å². The highest BCUT2D eigenvalue weighted by molar-refractivity contribution is 6.37. The van der Waals surface area contributed by atoms with E-state index < -0.39 is 0 Å². The zero-order valence-electron chi connectivity index (χ0n) is 19.6. The number of aromatic amines is 1. The van der Waals surface area contributed by atoms with E-state index in [4.69, 9.17) is 16.3 Å². The van der Waals surface area contributed by atoms with Crippen molar-refractivity contribution in [2.75, 3.05) is 7.11 Å². The summed E-state index contributed by atoms with van der Waals surface area (Å²) in [5.74, 6) is -0.317. The summed E-state index contributed by atoms with van der Waals surface area (Å²) in [7, 11) is 1.57. The highest BCUT2D eigenvalue weighted by atomic mass is 35.5. The number of H-pyrrole nitrogens is 1. The first-order valence-corrected chi connectivity index (χ1v) is 11.4. The van der Waals surface area contributed by atoms with Gasteiger partial charge in [-0.3, -0.25) is 14.6 Å². The van der Waals surface area contributed by atoms with Crippen molar-refractivity contribution in [3.63, 3.8) is 0 Å². The molecular weight excluding hydrogens is 452 g/mol. The smallest absolute Gasteiger partial charge is 0.253 e. The molecule has 7 nitrogen and oxygen atoms in total. The molecule has 34 heavy (non-hydrogen) atoms. The lowest BCUT2D eigenvalue weighted by molar-refractivity contribution is 0.0952. The Hall–Kier alpha value is -3.42. The van der Waals surface area contributed by atoms with Crippen LogP contribution in [-0.2, 0) is 17.9 Å². The lowest BCUT2D eigenvalue weighted by Crippen LogP contribution is -2.28. The third kappa shape index (κ3) is 4.62. The second-order valence-corrected chi connectivity index (χ2v) is 8.95. The zero-order chi connectivity index (χ0) is 24.4. The molecule has 0 saturated carbocycles. The maximum atomic E-state index is 13.5. The molecule has 1 aromatic carbocycles. The van der Waals surface area contributed by atoms with E-state index in [1.54, 1.807) is 19.5 Å². The van der Waals surface area contributed by atoms with E-state index in [1.807, 2.05) is 43.5 Å². The third-order valence-corrected chi connectivity index (χ3v) is 6.06. The molecule has 0 aliphatic heterocycles. The van der Waals surface area contributed by atoms with Gasteiger partial charge in [0.2, 0.25) is 0 Å². The van der Waals surface area contributed by atoms with Gasteiger partial charge >= 0.3 is 0 Å². The summed E-state index contributed by atoms with van der Waals surface area (Å²) >= 11 is 6.61. The number of hydrogen-bond donors (Lipinski definition) is 2. The topological polar surface area (TPSA) is 89.0 Å². The summed E-state index contributed by atoms with van der Waals surface area (Å²) < 4.78 is 7.29. The van der Waals surface area contributed by atoms with Gasteiger partial charge in [0.1, 0.15) is 0 Å². The Labute approximate surface area is 202 Å². The molecular formula is C26H27ClN4O3. The molecule has 3 heterocycles. The molecule has 2 N–H and O–H groups in total. The maximum Gasteiger partial charge on any atom is 0.253 e. The summed E-state index contributed by atoms with van der Waals surface area (Å²) in [6, 6.07) is 9.65. The highest BCUT2D eigenvalue weighted by Crippen LogP contribution is 2.35. The standard InChI is InChI=1S/C26H27ClN4O3/c1-15(2)31-13-22(27)24-20(9-18(10-23(24)31)17-6-5-7-28-11-17)25(32)29-12-21-19(14-34-4)8-16(3)30-26(21)33/h5-11,13,15H,12,14H2,1-4H3,(H,29,32)(H,30,33). The summed E-state index contributed by atoms with van der Waals surface area (Å²) in [6.45, 7) is 6.28. The Kier molecular flexibility index (Phi) is 6.86. The Morgan fingerprint density at radius 1 is 1.26 bits per heavy atom. The number of nitrogens with zero attached hydrogens (tertiary/aromatic N) is 2. The average Bonchev–Trinajstić information content (AvgIpc) is 3.15. The van der Waals surface area contributed by atoms with Crippen molar-refractivity contribution in [1.82, 2.24) is 19.9 Å². The van der Waals surface area contributed by atoms with E-state index in [0.29, 0.717) is 21.5 Å². The van der Waals surface area contributed by atoms with Crippen LogP contribution in [0.15, 0.2) is 53.7 Å². The molecule has 0 atom stereocenters. The van der Waals surface area contributed by atoms with Crippen LogP contribution < -0.4 is 10.9 Å². The molecule has 3 aromatic heterocycles. The van der Waals surface area contributed by atoms with Crippen molar-refractivity contribution in [2.45, 2.75) is 40.0 Å². The Morgan fingerprint density at radius 2 is 2.06 bits per heavy atom. The number of nitrogens with one attached hydrogen (secondary N) is 2. The van der Waals surface area contributed by atoms with Crippen LogP contribution in [0.3, 0.4) is 0 Å². The van der Waals surface area contributed by atoms with Gasteiger partial charge in [-0.15, -0.1) is 0 Å². The van der Waals surface area contributed by atoms with Gasteiger partial charge in [-0.25, -0.2) is 0 Å². The first-order chi connectivity index (χ1) is 16.3. The van der Waals surface area contributed by atoms with Crippen LogP contribution in [0.25, 0.3) is 22.0 Å². The summed E-state index contributed by atoms with van der Waals surface area (Å²) in [5, 5.41) is 4.09. The Morgan fingerprint density at radius 3 is 2.74 bits per heavy atom. The van der Waals surface area contributed by atoms with Crippen LogP contribution >= 0.6 is 11.6 Å². The number of carbonyl (C=O) groups is 1. The number of ether oxygens (including phenoxy) is 1. The first-order valence-electron chi connectivity index (χ1n) is 11.0. The second-order valence-electron chi connectivity index (χ2n) is 8.54. The Bertz CT molecular complexity index is 1410. The van der Waals surface area contributed by atoms with E-state index in [0.717, 1.165) is 27.9 Å². The molecule has 0 fully saturated rings. The number of aromatic nitrogens is 3. The largest absolute Gasteiger partial charge is 0.380 e. The van der Waals surface area contributed by atoms with Gasteiger partial charge in [0.15, 0.2) is 0 Å². The number of fused-ring (bicyclic) bond motifs is 1. The first kappa shape index (κ1) is 23.7. The van der Waals surface area contributed by atoms with Gasteiger partial charge < -0.3 is 19.6 Å². The Balaban J connectivity index is 1.78. The van der Waals surface area contributed by atoms with Crippen LogP contribution in [0.2, 0.25) is 5.02 Å². The lowest BCUT2D eigenvalue weighted by atomic mass is 10.0. The van der Waals surface area contributed by atoms with Crippen LogP contribution in [0, 0.1) is 6.92 Å². The van der Waals surface area contributed by atoms with E-state index >= 15 is 0 Å². The normalized spacial score (nSPS) is 11.4. The second kappa shape index (κ2) is 9.83. The van der Waals surface area contributed by atoms with Crippen molar-refractivity contribution in [2.24, 2.45) is 0 Å². The summed E-state index contributed by atoms with van der Waals surface area (Å²) in [5.41, 5.74) is 4.75. The molecule has 8 heteroatoms. The highest BCUT2D eigenvalue weighted by Gasteiger charge is 2.20. The SMILES string of the molecule is COCc1cc(C)[nH]c(=O)c1CNC(=O)c1cc(-c2cccnc2)cc2c1c(Cl)cn2C(C)C. The molecule has 0 saturated heterocycles. The predicted molar refractivity (Wildman–Crippen MR) is 134 cm³/mol. The van der Waals surface area contributed by atoms with Gasteiger partial charge in [0.05, 0.1) is 22.7 Å². The lowest BCUT2D eigenvalue weighted by Gasteiger charge is -2.14. The molecule has 0 radical (unpaired) electrons. The third-order valence-electron chi connectivity index (χ3n) is 5.77. The van der Waals surface area contributed by atoms with Crippen molar-refractivity contribution < 1.29 is 9.53 Å². The predicted octanol–water partition coefficient (Wildman–Crippen LogP) is 5.01. The van der Waals surface area contributed by atoms with Crippen LogP contribution in [0.5, 0.6) is 0 Å². The van der Waals surface area contributed by atoms with Gasteiger partial charge in [-0.2, -0.15) is 0 Å². The summed E-state index contributed by atoms with van der Waals surface area (Å²) in [4.78, 5) is 33.0. The monoisotopic (exact) mass is 478 g/mol. The molecule has 0 spiro atoms. The van der Waals surface area contributed by atoms with Crippen LogP contribution in [-0.4, -0.2) is 27.6 Å². The van der Waals surface area contributed by atoms with Crippen LogP contribution in [0.1, 0.15) is 47.1 Å². The van der Waals surface area contributed by atoms with E-state index in [1.165, 1.54) is 0 Å². The van der Waals surface area contributed by atoms with Crippen molar-refractivity contribution in [1.29, 1.82) is 0 Å². The average molecular weight is 479 g/mol. The molecule has 4 rings (SSSR count). The van der Waals surface area contributed by atoms with Gasteiger partial charge in [0, 0.05) is 60.5 Å². The number of amides is 1. The number of aryl methyl sites for hydroxylation is 1. The molecule has 1 amide bonds. The number of carbonyl (C=O) groups excluding carboxylic acids is 1. The number of pyridine rings is 2. The maximum absolute atomic E-state index is 13.5. The van der Waals surface area contributed by atoms with E-state index in [-0.39, 0.29) is 30.7 Å². The van der Waals surface area contributed by atoms with Crippen molar-refractivity contribution in [3.05, 3.63) is 86.7 Å². The fourth-order valence-corrected chi connectivity index (χ4v) is 4.47. The zero-order valence-corrected chi connectivity index (χ0v) is 20.4. The number of methoxy groups -OCH3 is 1. The van der Waals surface area contributed by atoms with Crippen molar-refractivity contribution in [3.8, 4) is 11.1 Å². The molecule has 0 bridgehead atoms. The molecule has 0 aliphatic rings. The number of hydrogen-bond acceptors (Lipinski definition) is 4.